The monoisotopic (exact) mass is 373 g/mol. The molecule has 120 valence electrons. The first-order valence-electron chi connectivity index (χ1n) is 7.75. The van der Waals surface area contributed by atoms with Crippen LogP contribution in [-0.2, 0) is 0 Å². The molecule has 5 heteroatoms. The van der Waals surface area contributed by atoms with Gasteiger partial charge in [-0.2, -0.15) is 0 Å². The largest absolute Gasteiger partial charge is 0.368 e. The highest BCUT2D eigenvalue weighted by molar-refractivity contribution is 9.10. The first kappa shape index (κ1) is 15.9. The number of rotatable bonds is 2. The minimum Gasteiger partial charge on any atom is -0.368 e. The number of hydrogen-bond acceptors (Lipinski definition) is 2. The van der Waals surface area contributed by atoms with E-state index in [2.05, 4.69) is 57.3 Å². The van der Waals surface area contributed by atoms with Crippen molar-refractivity contribution in [2.75, 3.05) is 36.4 Å². The molecule has 1 saturated heterocycles. The Labute approximate surface area is 145 Å². The topological polar surface area (TPSA) is 35.6 Å². The molecule has 0 radical (unpaired) electrons. The summed E-state index contributed by atoms with van der Waals surface area (Å²) in [5, 5.41) is 2.95. The first-order valence-corrected chi connectivity index (χ1v) is 8.54. The molecule has 2 aromatic rings. The van der Waals surface area contributed by atoms with Crippen LogP contribution in [0, 0.1) is 6.92 Å². The average molecular weight is 374 g/mol. The Bertz CT molecular complexity index is 662. The van der Waals surface area contributed by atoms with Gasteiger partial charge in [0.2, 0.25) is 0 Å². The van der Waals surface area contributed by atoms with Crippen LogP contribution in [0.3, 0.4) is 0 Å². The molecule has 1 aliphatic rings. The van der Waals surface area contributed by atoms with E-state index in [4.69, 9.17) is 0 Å². The minimum atomic E-state index is -0.0316. The molecule has 0 unspecified atom stereocenters. The lowest BCUT2D eigenvalue weighted by Crippen LogP contribution is -2.50. The number of nitrogens with one attached hydrogen (secondary N) is 1. The molecule has 23 heavy (non-hydrogen) atoms. The van der Waals surface area contributed by atoms with E-state index in [9.17, 15) is 4.79 Å². The van der Waals surface area contributed by atoms with Gasteiger partial charge in [0, 0.05) is 42.0 Å². The summed E-state index contributed by atoms with van der Waals surface area (Å²) in [6.07, 6.45) is 0. The lowest BCUT2D eigenvalue weighted by molar-refractivity contribution is 0.208. The van der Waals surface area contributed by atoms with Crippen LogP contribution in [0.25, 0.3) is 0 Å². The predicted molar refractivity (Wildman–Crippen MR) is 98.1 cm³/mol. The number of amides is 2. The molecule has 0 aliphatic carbocycles. The van der Waals surface area contributed by atoms with Crippen LogP contribution in [0.2, 0.25) is 0 Å². The van der Waals surface area contributed by atoms with Crippen molar-refractivity contribution >= 4 is 33.3 Å². The van der Waals surface area contributed by atoms with E-state index >= 15 is 0 Å². The van der Waals surface area contributed by atoms with Crippen LogP contribution < -0.4 is 10.2 Å². The quantitative estimate of drug-likeness (QED) is 0.859. The third-order valence-electron chi connectivity index (χ3n) is 4.06. The van der Waals surface area contributed by atoms with Crippen LogP contribution in [-0.4, -0.2) is 37.1 Å². The van der Waals surface area contributed by atoms with E-state index in [0.29, 0.717) is 0 Å². The molecule has 3 rings (SSSR count). The van der Waals surface area contributed by atoms with Gasteiger partial charge in [0.1, 0.15) is 0 Å². The number of halogens is 1. The Morgan fingerprint density at radius 3 is 2.17 bits per heavy atom. The lowest BCUT2D eigenvalue weighted by atomic mass is 10.2. The zero-order valence-electron chi connectivity index (χ0n) is 13.1. The first-order chi connectivity index (χ1) is 11.1. The number of hydrogen-bond donors (Lipinski definition) is 1. The molecule has 1 aliphatic heterocycles. The number of carbonyl (C=O) groups excluding carboxylic acids is 1. The Balaban J connectivity index is 1.54. The van der Waals surface area contributed by atoms with Gasteiger partial charge in [0.25, 0.3) is 0 Å². The fourth-order valence-corrected chi connectivity index (χ4v) is 2.92. The second kappa shape index (κ2) is 7.04. The number of carbonyl (C=O) groups is 1. The van der Waals surface area contributed by atoms with Crippen molar-refractivity contribution in [2.45, 2.75) is 6.92 Å². The van der Waals surface area contributed by atoms with Crippen LogP contribution in [0.4, 0.5) is 16.2 Å². The summed E-state index contributed by atoms with van der Waals surface area (Å²) in [7, 11) is 0. The summed E-state index contributed by atoms with van der Waals surface area (Å²) in [4.78, 5) is 16.5. The van der Waals surface area contributed by atoms with Crippen LogP contribution in [0.15, 0.2) is 53.0 Å². The van der Waals surface area contributed by atoms with E-state index in [-0.39, 0.29) is 6.03 Å². The van der Waals surface area contributed by atoms with Gasteiger partial charge in [0.15, 0.2) is 0 Å². The SMILES string of the molecule is Cc1ccc(N2CCN(C(=O)Nc3ccc(Br)cc3)CC2)cc1. The van der Waals surface area contributed by atoms with Crippen LogP contribution >= 0.6 is 15.9 Å². The normalized spacial score (nSPS) is 14.7. The van der Waals surface area contributed by atoms with Gasteiger partial charge in [-0.05, 0) is 43.3 Å². The molecule has 0 atom stereocenters. The van der Waals surface area contributed by atoms with Gasteiger partial charge in [-0.15, -0.1) is 0 Å². The molecule has 1 heterocycles. The van der Waals surface area contributed by atoms with E-state index in [1.54, 1.807) is 0 Å². The molecule has 2 amide bonds. The fourth-order valence-electron chi connectivity index (χ4n) is 2.66. The highest BCUT2D eigenvalue weighted by atomic mass is 79.9. The summed E-state index contributed by atoms with van der Waals surface area (Å²) < 4.78 is 1.00. The molecule has 1 fully saturated rings. The second-order valence-electron chi connectivity index (χ2n) is 5.75. The minimum absolute atomic E-state index is 0.0316. The molecule has 2 aromatic carbocycles. The maximum Gasteiger partial charge on any atom is 0.321 e. The lowest BCUT2D eigenvalue weighted by Gasteiger charge is -2.36. The van der Waals surface area contributed by atoms with Crippen molar-refractivity contribution < 1.29 is 4.79 Å². The maximum atomic E-state index is 12.3. The van der Waals surface area contributed by atoms with Crippen molar-refractivity contribution in [3.8, 4) is 0 Å². The van der Waals surface area contributed by atoms with E-state index in [1.165, 1.54) is 11.3 Å². The van der Waals surface area contributed by atoms with Crippen LogP contribution in [0.1, 0.15) is 5.56 Å². The summed E-state index contributed by atoms with van der Waals surface area (Å²) in [5.41, 5.74) is 3.31. The molecule has 0 aromatic heterocycles. The number of piperazine rings is 1. The third kappa shape index (κ3) is 4.05. The highest BCUT2D eigenvalue weighted by Crippen LogP contribution is 2.18. The standard InChI is InChI=1S/C18H20BrN3O/c1-14-2-8-17(9-3-14)21-10-12-22(13-11-21)18(23)20-16-6-4-15(19)5-7-16/h2-9H,10-13H2,1H3,(H,20,23). The van der Waals surface area contributed by atoms with Crippen molar-refractivity contribution in [1.82, 2.24) is 4.90 Å². The number of benzene rings is 2. The number of aryl methyl sites for hydroxylation is 1. The van der Waals surface area contributed by atoms with Gasteiger partial charge in [0.05, 0.1) is 0 Å². The van der Waals surface area contributed by atoms with Crippen molar-refractivity contribution in [3.05, 3.63) is 58.6 Å². The summed E-state index contributed by atoms with van der Waals surface area (Å²) in [5.74, 6) is 0. The Morgan fingerprint density at radius 1 is 0.957 bits per heavy atom. The van der Waals surface area contributed by atoms with Crippen molar-refractivity contribution in [1.29, 1.82) is 0 Å². The number of anilines is 2. The van der Waals surface area contributed by atoms with Crippen LogP contribution in [0.5, 0.6) is 0 Å². The zero-order chi connectivity index (χ0) is 16.2. The Morgan fingerprint density at radius 2 is 1.57 bits per heavy atom. The summed E-state index contributed by atoms with van der Waals surface area (Å²) in [6, 6.07) is 16.1. The number of urea groups is 1. The molecule has 0 saturated carbocycles. The molecule has 1 N–H and O–H groups in total. The van der Waals surface area contributed by atoms with Gasteiger partial charge in [-0.1, -0.05) is 33.6 Å². The van der Waals surface area contributed by atoms with Gasteiger partial charge in [-0.3, -0.25) is 0 Å². The van der Waals surface area contributed by atoms with Crippen molar-refractivity contribution in [3.63, 3.8) is 0 Å². The fraction of sp³-hybridized carbons (Fsp3) is 0.278. The average Bonchev–Trinajstić information content (AvgIpc) is 2.58. The smallest absolute Gasteiger partial charge is 0.321 e. The maximum absolute atomic E-state index is 12.3. The molecule has 0 spiro atoms. The molecular weight excluding hydrogens is 354 g/mol. The number of nitrogens with zero attached hydrogens (tertiary/aromatic N) is 2. The Kier molecular flexibility index (Phi) is 4.86. The van der Waals surface area contributed by atoms with Gasteiger partial charge in [-0.25, -0.2) is 4.79 Å². The molecule has 0 bridgehead atoms. The summed E-state index contributed by atoms with van der Waals surface area (Å²) in [6.45, 7) is 5.27. The molecule has 4 nitrogen and oxygen atoms in total. The van der Waals surface area contributed by atoms with Gasteiger partial charge < -0.3 is 15.1 Å². The van der Waals surface area contributed by atoms with Crippen molar-refractivity contribution in [2.24, 2.45) is 0 Å². The van der Waals surface area contributed by atoms with E-state index in [0.717, 1.165) is 36.3 Å². The molecular formula is C18H20BrN3O. The van der Waals surface area contributed by atoms with E-state index in [1.807, 2.05) is 29.2 Å². The Hall–Kier alpha value is -2.01. The van der Waals surface area contributed by atoms with E-state index < -0.39 is 0 Å². The third-order valence-corrected chi connectivity index (χ3v) is 4.59. The summed E-state index contributed by atoms with van der Waals surface area (Å²) >= 11 is 3.39. The highest BCUT2D eigenvalue weighted by Gasteiger charge is 2.21. The zero-order valence-corrected chi connectivity index (χ0v) is 14.7. The van der Waals surface area contributed by atoms with Gasteiger partial charge >= 0.3 is 6.03 Å². The predicted octanol–water partition coefficient (Wildman–Crippen LogP) is 4.11. The second-order valence-corrected chi connectivity index (χ2v) is 6.66.